The first-order valence-corrected chi connectivity index (χ1v) is 8.63. The van der Waals surface area contributed by atoms with E-state index in [2.05, 4.69) is 16.0 Å². The van der Waals surface area contributed by atoms with Crippen LogP contribution in [0, 0.1) is 0 Å². The molecule has 19 heavy (non-hydrogen) atoms. The van der Waals surface area contributed by atoms with Crippen LogP contribution in [0.15, 0.2) is 0 Å². The molecule has 0 saturated carbocycles. The number of nitrogens with one attached hydrogen (secondary N) is 3. The van der Waals surface area contributed by atoms with Gasteiger partial charge in [0.15, 0.2) is 0 Å². The third kappa shape index (κ3) is 3.63. The van der Waals surface area contributed by atoms with E-state index in [-0.39, 0.29) is 0 Å². The quantitative estimate of drug-likeness (QED) is 0.679. The first kappa shape index (κ1) is 14.1. The lowest BCUT2D eigenvalue weighted by atomic mass is 9.85. The number of rotatable bonds is 2. The molecule has 0 bridgehead atoms. The van der Waals surface area contributed by atoms with E-state index in [9.17, 15) is 0 Å². The summed E-state index contributed by atoms with van der Waals surface area (Å²) in [6.45, 7) is 2.37. The lowest BCUT2D eigenvalue weighted by molar-refractivity contribution is 0.197. The van der Waals surface area contributed by atoms with Crippen molar-refractivity contribution in [3.8, 4) is 0 Å². The van der Waals surface area contributed by atoms with Crippen LogP contribution in [0.5, 0.6) is 0 Å². The molecule has 110 valence electrons. The Morgan fingerprint density at radius 2 is 1.21 bits per heavy atom. The Balaban J connectivity index is 1.59. The van der Waals surface area contributed by atoms with Gasteiger partial charge >= 0.3 is 0 Å². The SMILES string of the molecule is ClC1CC(C2CCCCN2)NC(C2CCCCN2)C1. The Bertz CT molecular complexity index is 249. The van der Waals surface area contributed by atoms with Crippen molar-refractivity contribution in [1.29, 1.82) is 0 Å². The molecule has 0 spiro atoms. The second kappa shape index (κ2) is 6.75. The molecule has 4 heteroatoms. The van der Waals surface area contributed by atoms with E-state index >= 15 is 0 Å². The van der Waals surface area contributed by atoms with E-state index in [0.717, 1.165) is 12.8 Å². The van der Waals surface area contributed by atoms with E-state index in [1.54, 1.807) is 0 Å². The summed E-state index contributed by atoms with van der Waals surface area (Å²) in [5.74, 6) is 0. The summed E-state index contributed by atoms with van der Waals surface area (Å²) in [5, 5.41) is 11.6. The molecule has 0 aromatic heterocycles. The van der Waals surface area contributed by atoms with Gasteiger partial charge < -0.3 is 16.0 Å². The van der Waals surface area contributed by atoms with Crippen molar-refractivity contribution in [2.45, 2.75) is 80.9 Å². The topological polar surface area (TPSA) is 36.1 Å². The summed E-state index contributed by atoms with van der Waals surface area (Å²) in [6, 6.07) is 2.43. The molecule has 3 fully saturated rings. The molecule has 3 aliphatic heterocycles. The molecule has 3 heterocycles. The lowest BCUT2D eigenvalue weighted by Crippen LogP contribution is -2.62. The van der Waals surface area contributed by atoms with E-state index in [1.807, 2.05) is 0 Å². The number of halogens is 1. The van der Waals surface area contributed by atoms with Gasteiger partial charge in [0, 0.05) is 29.5 Å². The number of hydrogen-bond acceptors (Lipinski definition) is 3. The molecule has 0 aliphatic carbocycles. The van der Waals surface area contributed by atoms with Crippen LogP contribution in [0.1, 0.15) is 51.4 Å². The Kier molecular flexibility index (Phi) is 5.02. The Labute approximate surface area is 122 Å². The molecular weight excluding hydrogens is 258 g/mol. The molecule has 3 aliphatic rings. The molecule has 3 saturated heterocycles. The molecule has 3 N–H and O–H groups in total. The summed E-state index contributed by atoms with van der Waals surface area (Å²) >= 11 is 6.55. The molecule has 0 aromatic carbocycles. The van der Waals surface area contributed by atoms with E-state index < -0.39 is 0 Å². The summed E-state index contributed by atoms with van der Waals surface area (Å²) < 4.78 is 0. The minimum absolute atomic E-state index is 0.351. The first-order chi connectivity index (χ1) is 9.33. The standard InChI is InChI=1S/C15H28ClN3/c16-11-9-14(12-5-1-3-7-17-12)19-15(10-11)13-6-2-4-8-18-13/h11-15,17-19H,1-10H2. The highest BCUT2D eigenvalue weighted by molar-refractivity contribution is 6.20. The number of alkyl halides is 1. The highest BCUT2D eigenvalue weighted by atomic mass is 35.5. The molecular formula is C15H28ClN3. The highest BCUT2D eigenvalue weighted by Gasteiger charge is 2.36. The van der Waals surface area contributed by atoms with Crippen LogP contribution < -0.4 is 16.0 Å². The van der Waals surface area contributed by atoms with E-state index in [1.165, 1.54) is 51.6 Å². The van der Waals surface area contributed by atoms with Crippen molar-refractivity contribution < 1.29 is 0 Å². The normalized spacial score (nSPS) is 45.0. The Morgan fingerprint density at radius 1 is 0.684 bits per heavy atom. The van der Waals surface area contributed by atoms with Gasteiger partial charge in [0.05, 0.1) is 0 Å². The second-order valence-electron chi connectivity index (χ2n) is 6.56. The van der Waals surface area contributed by atoms with Gasteiger partial charge in [0.2, 0.25) is 0 Å². The maximum absolute atomic E-state index is 6.55. The Hall–Kier alpha value is 0.170. The van der Waals surface area contributed by atoms with Crippen LogP contribution in [0.2, 0.25) is 0 Å². The predicted molar refractivity (Wildman–Crippen MR) is 80.9 cm³/mol. The zero-order chi connectivity index (χ0) is 13.1. The maximum atomic E-state index is 6.55. The van der Waals surface area contributed by atoms with Gasteiger partial charge in [-0.15, -0.1) is 11.6 Å². The summed E-state index contributed by atoms with van der Waals surface area (Å²) in [4.78, 5) is 0. The van der Waals surface area contributed by atoms with Gasteiger partial charge in [-0.2, -0.15) is 0 Å². The van der Waals surface area contributed by atoms with Gasteiger partial charge in [-0.25, -0.2) is 0 Å². The highest BCUT2D eigenvalue weighted by Crippen LogP contribution is 2.27. The molecule has 0 aromatic rings. The average Bonchev–Trinajstić information content (AvgIpc) is 2.48. The Morgan fingerprint density at radius 3 is 1.63 bits per heavy atom. The molecule has 3 nitrogen and oxygen atoms in total. The van der Waals surface area contributed by atoms with Crippen LogP contribution in [-0.4, -0.2) is 42.6 Å². The monoisotopic (exact) mass is 285 g/mol. The van der Waals surface area contributed by atoms with Crippen LogP contribution in [0.4, 0.5) is 0 Å². The summed E-state index contributed by atoms with van der Waals surface area (Å²) in [7, 11) is 0. The molecule has 4 atom stereocenters. The average molecular weight is 286 g/mol. The van der Waals surface area contributed by atoms with Crippen LogP contribution in [-0.2, 0) is 0 Å². The zero-order valence-electron chi connectivity index (χ0n) is 11.8. The van der Waals surface area contributed by atoms with Crippen LogP contribution in [0.25, 0.3) is 0 Å². The van der Waals surface area contributed by atoms with Crippen molar-refractivity contribution in [2.75, 3.05) is 13.1 Å². The van der Waals surface area contributed by atoms with Crippen molar-refractivity contribution in [1.82, 2.24) is 16.0 Å². The lowest BCUT2D eigenvalue weighted by Gasteiger charge is -2.43. The second-order valence-corrected chi connectivity index (χ2v) is 7.18. The van der Waals surface area contributed by atoms with E-state index in [0.29, 0.717) is 29.5 Å². The molecule has 4 unspecified atom stereocenters. The van der Waals surface area contributed by atoms with Crippen LogP contribution in [0.3, 0.4) is 0 Å². The third-order valence-electron chi connectivity index (χ3n) is 5.12. The number of hydrogen-bond donors (Lipinski definition) is 3. The molecule has 3 rings (SSSR count). The third-order valence-corrected chi connectivity index (χ3v) is 5.47. The van der Waals surface area contributed by atoms with Crippen molar-refractivity contribution in [3.63, 3.8) is 0 Å². The minimum atomic E-state index is 0.351. The number of piperidine rings is 3. The smallest absolute Gasteiger partial charge is 0.0366 e. The fraction of sp³-hybridized carbons (Fsp3) is 1.00. The minimum Gasteiger partial charge on any atom is -0.312 e. The van der Waals surface area contributed by atoms with E-state index in [4.69, 9.17) is 11.6 Å². The largest absolute Gasteiger partial charge is 0.312 e. The van der Waals surface area contributed by atoms with Gasteiger partial charge in [-0.1, -0.05) is 12.8 Å². The molecule has 0 radical (unpaired) electrons. The predicted octanol–water partition coefficient (Wildman–Crippen LogP) is 2.00. The summed E-state index contributed by atoms with van der Waals surface area (Å²) in [5.41, 5.74) is 0. The van der Waals surface area contributed by atoms with Crippen LogP contribution >= 0.6 is 11.6 Å². The van der Waals surface area contributed by atoms with Crippen molar-refractivity contribution in [2.24, 2.45) is 0 Å². The summed E-state index contributed by atoms with van der Waals surface area (Å²) in [6.07, 6.45) is 10.3. The fourth-order valence-corrected chi connectivity index (χ4v) is 4.45. The maximum Gasteiger partial charge on any atom is 0.0366 e. The zero-order valence-corrected chi connectivity index (χ0v) is 12.6. The molecule has 0 amide bonds. The van der Waals surface area contributed by atoms with Gasteiger partial charge in [-0.3, -0.25) is 0 Å². The van der Waals surface area contributed by atoms with Gasteiger partial charge in [-0.05, 0) is 51.6 Å². The first-order valence-electron chi connectivity index (χ1n) is 8.20. The van der Waals surface area contributed by atoms with Crippen molar-refractivity contribution >= 4 is 11.6 Å². The van der Waals surface area contributed by atoms with Gasteiger partial charge in [0.25, 0.3) is 0 Å². The van der Waals surface area contributed by atoms with Gasteiger partial charge in [0.1, 0.15) is 0 Å². The van der Waals surface area contributed by atoms with Crippen molar-refractivity contribution in [3.05, 3.63) is 0 Å². The fourth-order valence-electron chi connectivity index (χ4n) is 4.06.